The molecule has 1 unspecified atom stereocenters. The Morgan fingerprint density at radius 3 is 2.35 bits per heavy atom. The number of hydrogen-bond donors (Lipinski definition) is 1. The van der Waals surface area contributed by atoms with Crippen LogP contribution in [-0.2, 0) is 9.59 Å². The van der Waals surface area contributed by atoms with E-state index in [1.165, 1.54) is 0 Å². The first kappa shape index (κ1) is 27.9. The highest BCUT2D eigenvalue weighted by molar-refractivity contribution is 6.30. The Labute approximate surface area is 212 Å². The van der Waals surface area contributed by atoms with Gasteiger partial charge in [0.1, 0.15) is 0 Å². The molecule has 1 fully saturated rings. The molecule has 2 aromatic rings. The largest absolute Gasteiger partial charge is 0.550 e. The molecule has 1 aliphatic heterocycles. The Morgan fingerprint density at radius 2 is 1.85 bits per heavy atom. The predicted molar refractivity (Wildman–Crippen MR) is 135 cm³/mol. The van der Waals surface area contributed by atoms with E-state index in [0.29, 0.717) is 23.0 Å². The fraction of sp³-hybridized carbons (Fsp3) is 0.407. The highest BCUT2D eigenvalue weighted by Crippen LogP contribution is 2.52. The molecule has 3 N–H and O–H groups in total. The maximum absolute atomic E-state index is 13.9. The molecule has 3 rings (SSSR count). The minimum Gasteiger partial charge on any atom is -0.550 e. The number of nitrogens with zero attached hydrogens (tertiary/aromatic N) is 1. The first-order valence-electron chi connectivity index (χ1n) is 11.5. The van der Waals surface area contributed by atoms with Gasteiger partial charge < -0.3 is 20.5 Å². The number of rotatable bonds is 7. The van der Waals surface area contributed by atoms with E-state index in [2.05, 4.69) is 37.1 Å². The molecule has 0 saturated carbocycles. The summed E-state index contributed by atoms with van der Waals surface area (Å²) in [5.41, 5.74) is 5.88. The van der Waals surface area contributed by atoms with Crippen molar-refractivity contribution in [3.63, 3.8) is 0 Å². The number of aliphatic carboxylic acids is 1. The van der Waals surface area contributed by atoms with Crippen LogP contribution in [-0.4, -0.2) is 29.4 Å². The van der Waals surface area contributed by atoms with Crippen molar-refractivity contribution in [2.75, 3.05) is 6.54 Å². The summed E-state index contributed by atoms with van der Waals surface area (Å²) in [7, 11) is 0. The van der Waals surface area contributed by atoms with Crippen molar-refractivity contribution >= 4 is 35.1 Å². The summed E-state index contributed by atoms with van der Waals surface area (Å²) in [6, 6.07) is 15.9. The third kappa shape index (κ3) is 6.62. The molecule has 0 aliphatic carbocycles. The molecule has 1 heterocycles. The molecule has 1 aliphatic rings. The number of carbonyl (C=O) groups excluding carboxylic acids is 2. The van der Waals surface area contributed by atoms with Gasteiger partial charge in [0, 0.05) is 21.9 Å². The molecule has 1 saturated heterocycles. The number of carboxylic acid groups (broad SMARTS) is 1. The third-order valence-corrected chi connectivity index (χ3v) is 6.87. The number of benzene rings is 2. The number of carbonyl (C=O) groups is 2. The van der Waals surface area contributed by atoms with E-state index in [1.54, 1.807) is 0 Å². The molecular weight excluding hydrogens is 471 g/mol. The summed E-state index contributed by atoms with van der Waals surface area (Å²) >= 11 is 12.5. The van der Waals surface area contributed by atoms with Crippen molar-refractivity contribution in [2.45, 2.75) is 58.0 Å². The van der Waals surface area contributed by atoms with Crippen LogP contribution in [0.25, 0.3) is 0 Å². The number of likely N-dealkylation sites (tertiary alicyclic amines) is 1. The first-order valence-corrected chi connectivity index (χ1v) is 12.2. The Hall–Kier alpha value is -2.34. The lowest BCUT2D eigenvalue weighted by molar-refractivity contribution is -0.379. The number of hydrogen-bond acceptors (Lipinski definition) is 3. The molecule has 34 heavy (non-hydrogen) atoms. The van der Waals surface area contributed by atoms with Gasteiger partial charge in [-0.3, -0.25) is 4.79 Å². The van der Waals surface area contributed by atoms with Crippen LogP contribution in [0.3, 0.4) is 0 Å². The fourth-order valence-corrected chi connectivity index (χ4v) is 5.15. The molecule has 5 nitrogen and oxygen atoms in total. The zero-order valence-corrected chi connectivity index (χ0v) is 21.6. The predicted octanol–water partition coefficient (Wildman–Crippen LogP) is 4.41. The number of piperidine rings is 1. The highest BCUT2D eigenvalue weighted by Gasteiger charge is 2.50. The van der Waals surface area contributed by atoms with Crippen LogP contribution in [0.15, 0.2) is 61.2 Å². The molecule has 184 valence electrons. The number of halogens is 2. The second-order valence-electron chi connectivity index (χ2n) is 8.97. The lowest BCUT2D eigenvalue weighted by Gasteiger charge is -2.51. The molecule has 7 heteroatoms. The van der Waals surface area contributed by atoms with Gasteiger partial charge in [-0.15, -0.1) is 6.58 Å². The molecule has 4 atom stereocenters. The second kappa shape index (κ2) is 12.4. The maximum Gasteiger partial charge on any atom is 0.229 e. The minimum absolute atomic E-state index is 0.0595. The van der Waals surface area contributed by atoms with Gasteiger partial charge in [0.25, 0.3) is 0 Å². The van der Waals surface area contributed by atoms with E-state index < -0.39 is 11.4 Å². The lowest BCUT2D eigenvalue weighted by atomic mass is 9.67. The average molecular weight is 505 g/mol. The third-order valence-electron chi connectivity index (χ3n) is 6.38. The van der Waals surface area contributed by atoms with Crippen LogP contribution >= 0.6 is 23.2 Å². The summed E-state index contributed by atoms with van der Waals surface area (Å²) in [5, 5.41) is 10.3. The van der Waals surface area contributed by atoms with Gasteiger partial charge in [-0.05, 0) is 61.6 Å². The number of allylic oxidation sites excluding steroid dienone is 1. The summed E-state index contributed by atoms with van der Waals surface area (Å²) in [6.07, 6.45) is 4.08. The summed E-state index contributed by atoms with van der Waals surface area (Å²) in [6.45, 7) is 9.75. The van der Waals surface area contributed by atoms with Gasteiger partial charge in [0.2, 0.25) is 5.91 Å². The molecule has 0 bridgehead atoms. The number of carboxylic acids is 1. The van der Waals surface area contributed by atoms with Crippen molar-refractivity contribution in [1.29, 1.82) is 0 Å². The molecule has 1 amide bonds. The molecule has 0 aromatic heterocycles. The van der Waals surface area contributed by atoms with Crippen molar-refractivity contribution in [2.24, 2.45) is 5.41 Å². The van der Waals surface area contributed by atoms with Crippen LogP contribution in [0.1, 0.15) is 63.1 Å². The minimum atomic E-state index is -1.08. The van der Waals surface area contributed by atoms with E-state index in [4.69, 9.17) is 33.1 Å². The van der Waals surface area contributed by atoms with Crippen LogP contribution in [0.4, 0.5) is 0 Å². The maximum atomic E-state index is 13.9. The van der Waals surface area contributed by atoms with Gasteiger partial charge in [0.05, 0.1) is 24.0 Å². The van der Waals surface area contributed by atoms with Gasteiger partial charge in [-0.2, -0.15) is 0 Å². The topological polar surface area (TPSA) is 88.1 Å². The zero-order valence-electron chi connectivity index (χ0n) is 20.1. The molecule has 2 aromatic carbocycles. The van der Waals surface area contributed by atoms with E-state index in [1.807, 2.05) is 48.5 Å². The van der Waals surface area contributed by atoms with Crippen LogP contribution in [0.5, 0.6) is 0 Å². The fourth-order valence-electron chi connectivity index (χ4n) is 4.83. The smallest absolute Gasteiger partial charge is 0.229 e. The van der Waals surface area contributed by atoms with Crippen molar-refractivity contribution in [3.8, 4) is 0 Å². The normalized spacial score (nSPS) is 23.0. The highest BCUT2D eigenvalue weighted by atomic mass is 35.5. The zero-order chi connectivity index (χ0) is 25.5. The Balaban J connectivity index is 0.000000945. The number of quaternary nitrogens is 1. The van der Waals surface area contributed by atoms with Gasteiger partial charge in [-0.1, -0.05) is 67.4 Å². The van der Waals surface area contributed by atoms with Crippen molar-refractivity contribution < 1.29 is 20.4 Å². The Morgan fingerprint density at radius 1 is 1.24 bits per heavy atom. The van der Waals surface area contributed by atoms with Crippen LogP contribution in [0, 0.1) is 5.41 Å². The van der Waals surface area contributed by atoms with Crippen molar-refractivity contribution in [3.05, 3.63) is 82.4 Å². The molecular formula is C27H34Cl2N2O3. The quantitative estimate of drug-likeness (QED) is 0.566. The summed E-state index contributed by atoms with van der Waals surface area (Å²) < 4.78 is 0. The van der Waals surface area contributed by atoms with E-state index in [9.17, 15) is 4.79 Å². The standard InChI is InChI=1S/C25H30Cl2N2O.C2H4O2/c1-4-13-25(3)15-22(18-7-6-8-20(27)14-18)23(17-9-11-19(26)12-10-17)29(24(25)30)21(5-2)16-28;1-2(3)4/h4,6-12,14,21-23H,1,5,13,15-16,28H2,2-3H3;1H3,(H,3,4)/t21-,22+,23?,25-;/m0./s1. The van der Waals surface area contributed by atoms with Crippen LogP contribution < -0.4 is 10.8 Å². The van der Waals surface area contributed by atoms with Gasteiger partial charge in [-0.25, -0.2) is 0 Å². The molecule has 0 spiro atoms. The first-order chi connectivity index (χ1) is 16.1. The van der Waals surface area contributed by atoms with E-state index in [0.717, 1.165) is 30.9 Å². The Bertz CT molecular complexity index is 988. The van der Waals surface area contributed by atoms with Gasteiger partial charge in [0.15, 0.2) is 0 Å². The average Bonchev–Trinajstić information content (AvgIpc) is 2.78. The Kier molecular flexibility index (Phi) is 10.2. The SMILES string of the molecule is C=CC[C@@]1(C)C[C@H](c2cccc(Cl)c2)C(c2ccc(Cl)cc2)N([C@@H](CC)C[NH3+])C1=O.CC(=O)[O-]. The summed E-state index contributed by atoms with van der Waals surface area (Å²) in [5.74, 6) is -0.802. The monoisotopic (exact) mass is 504 g/mol. The van der Waals surface area contributed by atoms with Crippen molar-refractivity contribution in [1.82, 2.24) is 4.90 Å². The second-order valence-corrected chi connectivity index (χ2v) is 9.84. The molecule has 0 radical (unpaired) electrons. The van der Waals surface area contributed by atoms with E-state index in [-0.39, 0.29) is 23.9 Å². The van der Waals surface area contributed by atoms with E-state index >= 15 is 0 Å². The lowest BCUT2D eigenvalue weighted by Crippen LogP contribution is -2.64. The van der Waals surface area contributed by atoms with Crippen LogP contribution in [0.2, 0.25) is 10.0 Å². The summed E-state index contributed by atoms with van der Waals surface area (Å²) in [4.78, 5) is 24.9. The number of amides is 1. The van der Waals surface area contributed by atoms with Gasteiger partial charge >= 0.3 is 0 Å².